The van der Waals surface area contributed by atoms with Crippen LogP contribution in [0.5, 0.6) is 0 Å². The van der Waals surface area contributed by atoms with Crippen molar-refractivity contribution < 1.29 is 4.79 Å². The molecule has 2 rings (SSSR count). The predicted molar refractivity (Wildman–Crippen MR) is 69.5 cm³/mol. The Balaban J connectivity index is 2.14. The minimum atomic E-state index is 0.0540. The summed E-state index contributed by atoms with van der Waals surface area (Å²) in [5.41, 5.74) is 0. The van der Waals surface area contributed by atoms with E-state index < -0.39 is 0 Å². The molecule has 1 aliphatic carbocycles. The van der Waals surface area contributed by atoms with Crippen LogP contribution in [0.2, 0.25) is 0 Å². The Morgan fingerprint density at radius 1 is 1.41 bits per heavy atom. The first-order valence-electron chi connectivity index (χ1n) is 7.12. The fraction of sp³-hybridized carbons (Fsp3) is 0.929. The third-order valence-corrected chi connectivity index (χ3v) is 4.32. The minimum absolute atomic E-state index is 0.0540. The second kappa shape index (κ2) is 4.97. The SMILES string of the molecule is CCC1NC(C(C)C)N(C2CCC(C)C2)C1=O. The molecule has 0 spiro atoms. The maximum absolute atomic E-state index is 12.4. The summed E-state index contributed by atoms with van der Waals surface area (Å²) in [7, 11) is 0. The summed E-state index contributed by atoms with van der Waals surface area (Å²) in [6.45, 7) is 8.80. The van der Waals surface area contributed by atoms with Crippen LogP contribution in [0, 0.1) is 11.8 Å². The standard InChI is InChI=1S/C14H26N2O/c1-5-12-14(17)16(13(15-12)9(2)3)11-7-6-10(4)8-11/h9-13,15H,5-8H2,1-4H3. The molecule has 0 aromatic rings. The van der Waals surface area contributed by atoms with E-state index >= 15 is 0 Å². The summed E-state index contributed by atoms with van der Waals surface area (Å²) in [5.74, 6) is 1.61. The van der Waals surface area contributed by atoms with Gasteiger partial charge in [-0.15, -0.1) is 0 Å². The average molecular weight is 238 g/mol. The molecular formula is C14H26N2O. The molecule has 0 bridgehead atoms. The highest BCUT2D eigenvalue weighted by Crippen LogP contribution is 2.33. The van der Waals surface area contributed by atoms with Crippen LogP contribution in [0.15, 0.2) is 0 Å². The molecule has 1 aliphatic heterocycles. The lowest BCUT2D eigenvalue weighted by Gasteiger charge is -2.32. The van der Waals surface area contributed by atoms with E-state index in [9.17, 15) is 4.79 Å². The molecule has 3 heteroatoms. The van der Waals surface area contributed by atoms with Gasteiger partial charge in [0, 0.05) is 6.04 Å². The topological polar surface area (TPSA) is 32.3 Å². The van der Waals surface area contributed by atoms with E-state index in [0.717, 1.165) is 12.3 Å². The summed E-state index contributed by atoms with van der Waals surface area (Å²) < 4.78 is 0. The molecule has 1 N–H and O–H groups in total. The summed E-state index contributed by atoms with van der Waals surface area (Å²) >= 11 is 0. The number of carbonyl (C=O) groups is 1. The quantitative estimate of drug-likeness (QED) is 0.818. The third kappa shape index (κ3) is 2.35. The molecule has 2 aliphatic rings. The molecule has 0 aromatic heterocycles. The van der Waals surface area contributed by atoms with E-state index in [0.29, 0.717) is 17.9 Å². The maximum atomic E-state index is 12.4. The molecule has 17 heavy (non-hydrogen) atoms. The van der Waals surface area contributed by atoms with Gasteiger partial charge in [-0.1, -0.05) is 27.7 Å². The number of hydrogen-bond donors (Lipinski definition) is 1. The molecule has 0 radical (unpaired) electrons. The molecule has 1 saturated carbocycles. The first-order chi connectivity index (χ1) is 8.04. The highest BCUT2D eigenvalue weighted by molar-refractivity contribution is 5.84. The normalized spacial score (nSPS) is 38.4. The molecular weight excluding hydrogens is 212 g/mol. The molecule has 3 nitrogen and oxygen atoms in total. The van der Waals surface area contributed by atoms with Gasteiger partial charge in [0.15, 0.2) is 0 Å². The summed E-state index contributed by atoms with van der Waals surface area (Å²) in [5, 5.41) is 3.51. The van der Waals surface area contributed by atoms with Gasteiger partial charge in [-0.2, -0.15) is 0 Å². The van der Waals surface area contributed by atoms with E-state index in [4.69, 9.17) is 0 Å². The van der Waals surface area contributed by atoms with Gasteiger partial charge in [-0.3, -0.25) is 10.1 Å². The van der Waals surface area contributed by atoms with Crippen molar-refractivity contribution in [2.75, 3.05) is 0 Å². The monoisotopic (exact) mass is 238 g/mol. The number of nitrogens with zero attached hydrogens (tertiary/aromatic N) is 1. The van der Waals surface area contributed by atoms with Gasteiger partial charge in [-0.05, 0) is 37.5 Å². The van der Waals surface area contributed by atoms with Crippen LogP contribution in [0.3, 0.4) is 0 Å². The van der Waals surface area contributed by atoms with Crippen LogP contribution in [0.1, 0.15) is 53.4 Å². The van der Waals surface area contributed by atoms with Gasteiger partial charge < -0.3 is 4.90 Å². The summed E-state index contributed by atoms with van der Waals surface area (Å²) in [6, 6.07) is 0.534. The van der Waals surface area contributed by atoms with Crippen molar-refractivity contribution in [2.45, 2.75) is 71.6 Å². The largest absolute Gasteiger partial charge is 0.323 e. The van der Waals surface area contributed by atoms with Crippen LogP contribution in [-0.2, 0) is 4.79 Å². The van der Waals surface area contributed by atoms with Gasteiger partial charge in [0.25, 0.3) is 0 Å². The first kappa shape index (κ1) is 12.9. The second-order valence-electron chi connectivity index (χ2n) is 6.13. The van der Waals surface area contributed by atoms with Crippen molar-refractivity contribution in [3.05, 3.63) is 0 Å². The second-order valence-corrected chi connectivity index (χ2v) is 6.13. The lowest BCUT2D eigenvalue weighted by molar-refractivity contribution is -0.132. The lowest BCUT2D eigenvalue weighted by Crippen LogP contribution is -2.46. The van der Waals surface area contributed by atoms with Gasteiger partial charge in [0.05, 0.1) is 12.2 Å². The van der Waals surface area contributed by atoms with Crippen molar-refractivity contribution in [1.82, 2.24) is 10.2 Å². The molecule has 1 heterocycles. The van der Waals surface area contributed by atoms with Crippen molar-refractivity contribution in [2.24, 2.45) is 11.8 Å². The molecule has 0 aromatic carbocycles. The summed E-state index contributed by atoms with van der Waals surface area (Å²) in [4.78, 5) is 14.6. The Bertz CT molecular complexity index is 290. The van der Waals surface area contributed by atoms with Gasteiger partial charge in [0.1, 0.15) is 0 Å². The zero-order chi connectivity index (χ0) is 12.6. The molecule has 98 valence electrons. The predicted octanol–water partition coefficient (Wildman–Crippen LogP) is 2.37. The van der Waals surface area contributed by atoms with Crippen LogP contribution in [0.25, 0.3) is 0 Å². The average Bonchev–Trinajstić information content (AvgIpc) is 2.82. The molecule has 1 saturated heterocycles. The molecule has 2 fully saturated rings. The Labute approximate surface area is 105 Å². The Morgan fingerprint density at radius 3 is 2.59 bits per heavy atom. The van der Waals surface area contributed by atoms with E-state index in [1.54, 1.807) is 0 Å². The van der Waals surface area contributed by atoms with Crippen molar-refractivity contribution in [1.29, 1.82) is 0 Å². The molecule has 4 unspecified atom stereocenters. The van der Waals surface area contributed by atoms with Crippen LogP contribution in [0.4, 0.5) is 0 Å². The van der Waals surface area contributed by atoms with Crippen molar-refractivity contribution >= 4 is 5.91 Å². The van der Waals surface area contributed by atoms with E-state index in [1.807, 2.05) is 0 Å². The zero-order valence-electron chi connectivity index (χ0n) is 11.6. The minimum Gasteiger partial charge on any atom is -0.323 e. The number of amides is 1. The fourth-order valence-corrected chi connectivity index (χ4v) is 3.32. The van der Waals surface area contributed by atoms with E-state index in [2.05, 4.69) is 37.9 Å². The molecule has 1 amide bonds. The van der Waals surface area contributed by atoms with Crippen molar-refractivity contribution in [3.8, 4) is 0 Å². The lowest BCUT2D eigenvalue weighted by atomic mass is 10.1. The number of rotatable bonds is 3. The third-order valence-electron chi connectivity index (χ3n) is 4.32. The van der Waals surface area contributed by atoms with Crippen LogP contribution in [-0.4, -0.2) is 29.1 Å². The molecule has 4 atom stereocenters. The van der Waals surface area contributed by atoms with Gasteiger partial charge in [0.2, 0.25) is 5.91 Å². The maximum Gasteiger partial charge on any atom is 0.241 e. The van der Waals surface area contributed by atoms with Crippen LogP contribution >= 0.6 is 0 Å². The highest BCUT2D eigenvalue weighted by Gasteiger charge is 2.44. The zero-order valence-corrected chi connectivity index (χ0v) is 11.6. The Morgan fingerprint density at radius 2 is 2.12 bits per heavy atom. The van der Waals surface area contributed by atoms with Gasteiger partial charge >= 0.3 is 0 Å². The first-order valence-corrected chi connectivity index (χ1v) is 7.12. The Kier molecular flexibility index (Phi) is 3.76. The number of nitrogens with one attached hydrogen (secondary N) is 1. The van der Waals surface area contributed by atoms with Crippen LogP contribution < -0.4 is 5.32 Å². The highest BCUT2D eigenvalue weighted by atomic mass is 16.2. The van der Waals surface area contributed by atoms with Crippen molar-refractivity contribution in [3.63, 3.8) is 0 Å². The number of carbonyl (C=O) groups excluding carboxylic acids is 1. The smallest absolute Gasteiger partial charge is 0.241 e. The summed E-state index contributed by atoms with van der Waals surface area (Å²) in [6.07, 6.45) is 4.81. The number of hydrogen-bond acceptors (Lipinski definition) is 2. The fourth-order valence-electron chi connectivity index (χ4n) is 3.32. The van der Waals surface area contributed by atoms with E-state index in [1.165, 1.54) is 19.3 Å². The van der Waals surface area contributed by atoms with E-state index in [-0.39, 0.29) is 12.2 Å². The Hall–Kier alpha value is -0.570. The van der Waals surface area contributed by atoms with Gasteiger partial charge in [-0.25, -0.2) is 0 Å².